The summed E-state index contributed by atoms with van der Waals surface area (Å²) in [4.78, 5) is 12.2. The van der Waals surface area contributed by atoms with Gasteiger partial charge in [-0.1, -0.05) is 36.4 Å². The molecule has 2 nitrogen and oxygen atoms in total. The molecule has 21 heavy (non-hydrogen) atoms. The predicted molar refractivity (Wildman–Crippen MR) is 78.6 cm³/mol. The van der Waals surface area contributed by atoms with Crippen molar-refractivity contribution in [1.29, 1.82) is 0 Å². The summed E-state index contributed by atoms with van der Waals surface area (Å²) < 4.78 is 18.9. The Labute approximate surface area is 123 Å². The predicted octanol–water partition coefficient (Wildman–Crippen LogP) is 3.64. The summed E-state index contributed by atoms with van der Waals surface area (Å²) in [5.41, 5.74) is 3.08. The van der Waals surface area contributed by atoms with Gasteiger partial charge in [-0.05, 0) is 35.2 Å². The van der Waals surface area contributed by atoms with Crippen LogP contribution in [0.5, 0.6) is 0 Å². The van der Waals surface area contributed by atoms with Crippen LogP contribution in [0.4, 0.5) is 4.39 Å². The van der Waals surface area contributed by atoms with E-state index in [9.17, 15) is 9.18 Å². The van der Waals surface area contributed by atoms with Gasteiger partial charge in [0.05, 0.1) is 12.7 Å². The molecule has 0 radical (unpaired) electrons. The van der Waals surface area contributed by atoms with Gasteiger partial charge in [-0.3, -0.25) is 4.79 Å². The molecule has 1 aliphatic rings. The molecule has 3 rings (SSSR count). The summed E-state index contributed by atoms with van der Waals surface area (Å²) in [6.07, 6.45) is 1.31. The lowest BCUT2D eigenvalue weighted by atomic mass is 9.93. The molecule has 2 aromatic rings. The van der Waals surface area contributed by atoms with Crippen molar-refractivity contribution in [2.75, 3.05) is 6.61 Å². The first-order valence-corrected chi connectivity index (χ1v) is 7.18. The molecular formula is C18H17FO2. The van der Waals surface area contributed by atoms with Crippen molar-refractivity contribution in [2.45, 2.75) is 25.4 Å². The van der Waals surface area contributed by atoms with E-state index in [0.29, 0.717) is 18.6 Å². The van der Waals surface area contributed by atoms with Crippen molar-refractivity contribution in [3.8, 4) is 0 Å². The van der Waals surface area contributed by atoms with Gasteiger partial charge in [-0.15, -0.1) is 0 Å². The summed E-state index contributed by atoms with van der Waals surface area (Å²) in [7, 11) is 0. The van der Waals surface area contributed by atoms with Gasteiger partial charge in [-0.2, -0.15) is 0 Å². The SMILES string of the molecule is O=C(Cc1cccc(F)c1)CC1OCCc2ccccc21. The first-order valence-electron chi connectivity index (χ1n) is 7.18. The summed E-state index contributed by atoms with van der Waals surface area (Å²) in [5.74, 6) is -0.234. The number of benzene rings is 2. The van der Waals surface area contributed by atoms with Crippen LogP contribution in [0.2, 0.25) is 0 Å². The molecule has 108 valence electrons. The second kappa shape index (κ2) is 6.19. The normalized spacial score (nSPS) is 17.3. The quantitative estimate of drug-likeness (QED) is 0.856. The Hall–Kier alpha value is -2.00. The average Bonchev–Trinajstić information content (AvgIpc) is 2.47. The number of hydrogen-bond donors (Lipinski definition) is 0. The largest absolute Gasteiger partial charge is 0.373 e. The van der Waals surface area contributed by atoms with E-state index in [1.807, 2.05) is 18.2 Å². The molecule has 2 aromatic carbocycles. The average molecular weight is 284 g/mol. The monoisotopic (exact) mass is 284 g/mol. The number of carbonyl (C=O) groups is 1. The molecule has 0 aliphatic carbocycles. The smallest absolute Gasteiger partial charge is 0.140 e. The fourth-order valence-electron chi connectivity index (χ4n) is 2.80. The minimum absolute atomic E-state index is 0.0716. The molecule has 0 aromatic heterocycles. The van der Waals surface area contributed by atoms with Crippen molar-refractivity contribution >= 4 is 5.78 Å². The van der Waals surface area contributed by atoms with Crippen LogP contribution >= 0.6 is 0 Å². The van der Waals surface area contributed by atoms with Gasteiger partial charge < -0.3 is 4.74 Å². The van der Waals surface area contributed by atoms with Crippen LogP contribution in [-0.2, 0) is 22.4 Å². The maximum absolute atomic E-state index is 13.1. The number of rotatable bonds is 4. The fourth-order valence-corrected chi connectivity index (χ4v) is 2.80. The van der Waals surface area contributed by atoms with Crippen LogP contribution in [0, 0.1) is 5.82 Å². The molecule has 1 heterocycles. The van der Waals surface area contributed by atoms with Crippen LogP contribution < -0.4 is 0 Å². The molecule has 0 saturated heterocycles. The van der Waals surface area contributed by atoms with Gasteiger partial charge in [0, 0.05) is 12.8 Å². The number of carbonyl (C=O) groups excluding carboxylic acids is 1. The third-order valence-corrected chi connectivity index (χ3v) is 3.80. The summed E-state index contributed by atoms with van der Waals surface area (Å²) in [6, 6.07) is 14.3. The lowest BCUT2D eigenvalue weighted by Crippen LogP contribution is -2.19. The highest BCUT2D eigenvalue weighted by Gasteiger charge is 2.22. The Morgan fingerprint density at radius 2 is 2.05 bits per heavy atom. The van der Waals surface area contributed by atoms with Gasteiger partial charge in [0.2, 0.25) is 0 Å². The zero-order chi connectivity index (χ0) is 14.7. The highest BCUT2D eigenvalue weighted by atomic mass is 19.1. The molecule has 0 saturated carbocycles. The standard InChI is InChI=1S/C18H17FO2/c19-15-6-3-4-13(10-15)11-16(20)12-18-17-7-2-1-5-14(17)8-9-21-18/h1-7,10,18H,8-9,11-12H2. The van der Waals surface area contributed by atoms with Gasteiger partial charge in [-0.25, -0.2) is 4.39 Å². The Bertz CT molecular complexity index is 651. The van der Waals surface area contributed by atoms with E-state index < -0.39 is 0 Å². The third kappa shape index (κ3) is 3.37. The number of ether oxygens (including phenoxy) is 1. The van der Waals surface area contributed by atoms with E-state index in [1.165, 1.54) is 17.7 Å². The summed E-state index contributed by atoms with van der Waals surface area (Å²) >= 11 is 0. The van der Waals surface area contributed by atoms with E-state index in [2.05, 4.69) is 6.07 Å². The van der Waals surface area contributed by atoms with E-state index in [1.54, 1.807) is 12.1 Å². The molecule has 0 fully saturated rings. The lowest BCUT2D eigenvalue weighted by Gasteiger charge is -2.25. The number of fused-ring (bicyclic) bond motifs is 1. The van der Waals surface area contributed by atoms with Crippen LogP contribution in [0.25, 0.3) is 0 Å². The molecular weight excluding hydrogens is 267 g/mol. The van der Waals surface area contributed by atoms with Crippen molar-refractivity contribution in [3.63, 3.8) is 0 Å². The number of Topliss-reactive ketones (excluding diaryl/α,β-unsaturated/α-hetero) is 1. The van der Waals surface area contributed by atoms with Crippen molar-refractivity contribution in [2.24, 2.45) is 0 Å². The van der Waals surface area contributed by atoms with E-state index in [4.69, 9.17) is 4.74 Å². The minimum atomic E-state index is -0.306. The van der Waals surface area contributed by atoms with Gasteiger partial charge in [0.25, 0.3) is 0 Å². The lowest BCUT2D eigenvalue weighted by molar-refractivity contribution is -0.121. The van der Waals surface area contributed by atoms with Gasteiger partial charge in [0.15, 0.2) is 0 Å². The van der Waals surface area contributed by atoms with Crippen LogP contribution in [-0.4, -0.2) is 12.4 Å². The Morgan fingerprint density at radius 3 is 2.90 bits per heavy atom. The maximum Gasteiger partial charge on any atom is 0.140 e. The number of ketones is 1. The van der Waals surface area contributed by atoms with Crippen LogP contribution in [0.15, 0.2) is 48.5 Å². The zero-order valence-electron chi connectivity index (χ0n) is 11.7. The summed E-state index contributed by atoms with van der Waals surface area (Å²) in [6.45, 7) is 0.648. The van der Waals surface area contributed by atoms with Crippen LogP contribution in [0.3, 0.4) is 0 Å². The third-order valence-electron chi connectivity index (χ3n) is 3.80. The van der Waals surface area contributed by atoms with Gasteiger partial charge >= 0.3 is 0 Å². The molecule has 1 aliphatic heterocycles. The van der Waals surface area contributed by atoms with E-state index in [-0.39, 0.29) is 24.1 Å². The number of hydrogen-bond acceptors (Lipinski definition) is 2. The second-order valence-corrected chi connectivity index (χ2v) is 5.36. The van der Waals surface area contributed by atoms with Crippen molar-refractivity contribution in [3.05, 3.63) is 71.0 Å². The van der Waals surface area contributed by atoms with Crippen molar-refractivity contribution < 1.29 is 13.9 Å². The molecule has 0 bridgehead atoms. The Balaban J connectivity index is 1.68. The summed E-state index contributed by atoms with van der Waals surface area (Å²) in [5, 5.41) is 0. The Morgan fingerprint density at radius 1 is 1.19 bits per heavy atom. The first-order chi connectivity index (χ1) is 10.2. The maximum atomic E-state index is 13.1. The topological polar surface area (TPSA) is 26.3 Å². The fraction of sp³-hybridized carbons (Fsp3) is 0.278. The zero-order valence-corrected chi connectivity index (χ0v) is 11.7. The molecule has 0 amide bonds. The molecule has 3 heteroatoms. The highest BCUT2D eigenvalue weighted by Crippen LogP contribution is 2.29. The first kappa shape index (κ1) is 14.0. The molecule has 0 N–H and O–H groups in total. The van der Waals surface area contributed by atoms with Crippen molar-refractivity contribution in [1.82, 2.24) is 0 Å². The molecule has 1 unspecified atom stereocenters. The minimum Gasteiger partial charge on any atom is -0.373 e. The highest BCUT2D eigenvalue weighted by molar-refractivity contribution is 5.81. The Kier molecular flexibility index (Phi) is 4.11. The van der Waals surface area contributed by atoms with E-state index in [0.717, 1.165) is 12.0 Å². The molecule has 1 atom stereocenters. The molecule has 0 spiro atoms. The second-order valence-electron chi connectivity index (χ2n) is 5.36. The van der Waals surface area contributed by atoms with E-state index >= 15 is 0 Å². The number of halogens is 1. The van der Waals surface area contributed by atoms with Crippen LogP contribution in [0.1, 0.15) is 29.2 Å². The van der Waals surface area contributed by atoms with Gasteiger partial charge in [0.1, 0.15) is 11.6 Å².